The smallest absolute Gasteiger partial charge is 0.307 e. The number of benzene rings is 2. The average molecular weight is 294 g/mol. The molecule has 0 heterocycles. The summed E-state index contributed by atoms with van der Waals surface area (Å²) in [6.07, 6.45) is 0.0389. The van der Waals surface area contributed by atoms with Gasteiger partial charge in [0.1, 0.15) is 5.75 Å². The fourth-order valence-electron chi connectivity index (χ4n) is 2.24. The molecule has 1 N–H and O–H groups in total. The number of ether oxygens (including phenoxy) is 1. The summed E-state index contributed by atoms with van der Waals surface area (Å²) in [4.78, 5) is 10.8. The standard InChI is InChI=1S/C19H18O3/c1-13-10-15(6-8-17(13)12-19(20)21)4-5-16-7-9-18(22-3)14(2)11-16/h6-11H,12H2,1-3H3,(H,20,21). The number of carboxylic acids is 1. The first-order valence-electron chi connectivity index (χ1n) is 6.97. The van der Waals surface area contributed by atoms with Crippen LogP contribution in [0.15, 0.2) is 36.4 Å². The van der Waals surface area contributed by atoms with Crippen LogP contribution in [0.4, 0.5) is 0 Å². The SMILES string of the molecule is COc1ccc(C#Cc2ccc(CC(=O)O)c(C)c2)cc1C. The van der Waals surface area contributed by atoms with Crippen molar-refractivity contribution in [2.75, 3.05) is 7.11 Å². The zero-order valence-corrected chi connectivity index (χ0v) is 12.9. The van der Waals surface area contributed by atoms with E-state index < -0.39 is 5.97 Å². The van der Waals surface area contributed by atoms with Crippen LogP contribution >= 0.6 is 0 Å². The molecule has 0 saturated heterocycles. The fourth-order valence-corrected chi connectivity index (χ4v) is 2.24. The van der Waals surface area contributed by atoms with Gasteiger partial charge in [-0.3, -0.25) is 4.79 Å². The molecule has 0 bridgehead atoms. The van der Waals surface area contributed by atoms with Gasteiger partial charge in [-0.25, -0.2) is 0 Å². The van der Waals surface area contributed by atoms with E-state index in [0.29, 0.717) is 0 Å². The Bertz CT molecular complexity index is 764. The minimum absolute atomic E-state index is 0.0389. The van der Waals surface area contributed by atoms with Crippen LogP contribution in [0.5, 0.6) is 5.75 Å². The summed E-state index contributed by atoms with van der Waals surface area (Å²) in [6.45, 7) is 3.88. The summed E-state index contributed by atoms with van der Waals surface area (Å²) >= 11 is 0. The molecule has 0 atom stereocenters. The third-order valence-corrected chi connectivity index (χ3v) is 3.43. The van der Waals surface area contributed by atoms with Gasteiger partial charge in [0.2, 0.25) is 0 Å². The van der Waals surface area contributed by atoms with Crippen molar-refractivity contribution < 1.29 is 14.6 Å². The van der Waals surface area contributed by atoms with Gasteiger partial charge in [0.15, 0.2) is 0 Å². The lowest BCUT2D eigenvalue weighted by molar-refractivity contribution is -0.136. The van der Waals surface area contributed by atoms with E-state index in [1.807, 2.05) is 50.2 Å². The number of methoxy groups -OCH3 is 1. The van der Waals surface area contributed by atoms with E-state index >= 15 is 0 Å². The molecule has 3 nitrogen and oxygen atoms in total. The van der Waals surface area contributed by atoms with Gasteiger partial charge < -0.3 is 9.84 Å². The van der Waals surface area contributed by atoms with Crippen molar-refractivity contribution in [3.63, 3.8) is 0 Å². The summed E-state index contributed by atoms with van der Waals surface area (Å²) in [5.74, 6) is 6.25. The summed E-state index contributed by atoms with van der Waals surface area (Å²) < 4.78 is 5.23. The molecule has 3 heteroatoms. The van der Waals surface area contributed by atoms with Gasteiger partial charge in [0, 0.05) is 11.1 Å². The second-order valence-electron chi connectivity index (χ2n) is 5.15. The summed E-state index contributed by atoms with van der Waals surface area (Å²) in [5, 5.41) is 8.84. The average Bonchev–Trinajstić information content (AvgIpc) is 2.47. The van der Waals surface area contributed by atoms with E-state index in [9.17, 15) is 4.79 Å². The highest BCUT2D eigenvalue weighted by molar-refractivity contribution is 5.70. The Balaban J connectivity index is 2.23. The molecule has 0 aliphatic heterocycles. The fraction of sp³-hybridized carbons (Fsp3) is 0.211. The van der Waals surface area contributed by atoms with E-state index in [2.05, 4.69) is 11.8 Å². The molecule has 2 aromatic rings. The van der Waals surface area contributed by atoms with Gasteiger partial charge in [-0.1, -0.05) is 17.9 Å². The molecule has 22 heavy (non-hydrogen) atoms. The summed E-state index contributed by atoms with van der Waals surface area (Å²) in [7, 11) is 1.65. The zero-order valence-electron chi connectivity index (χ0n) is 12.9. The molecular weight excluding hydrogens is 276 g/mol. The lowest BCUT2D eigenvalue weighted by Crippen LogP contribution is -2.01. The van der Waals surface area contributed by atoms with Gasteiger partial charge in [-0.2, -0.15) is 0 Å². The maximum Gasteiger partial charge on any atom is 0.307 e. The van der Waals surface area contributed by atoms with Crippen LogP contribution in [0.1, 0.15) is 27.8 Å². The van der Waals surface area contributed by atoms with Crippen molar-refractivity contribution in [1.29, 1.82) is 0 Å². The Morgan fingerprint density at radius 1 is 1.05 bits per heavy atom. The second-order valence-corrected chi connectivity index (χ2v) is 5.15. The third kappa shape index (κ3) is 3.89. The Morgan fingerprint density at radius 3 is 2.14 bits per heavy atom. The van der Waals surface area contributed by atoms with Crippen molar-refractivity contribution in [3.05, 3.63) is 64.2 Å². The van der Waals surface area contributed by atoms with Crippen LogP contribution in [0.25, 0.3) is 0 Å². The topological polar surface area (TPSA) is 46.5 Å². The molecule has 0 aliphatic rings. The highest BCUT2D eigenvalue weighted by atomic mass is 16.5. The first-order valence-corrected chi connectivity index (χ1v) is 6.97. The van der Waals surface area contributed by atoms with Crippen molar-refractivity contribution in [3.8, 4) is 17.6 Å². The Labute approximate surface area is 130 Å². The Hall–Kier alpha value is -2.73. The van der Waals surface area contributed by atoms with Crippen molar-refractivity contribution in [1.82, 2.24) is 0 Å². The molecule has 0 amide bonds. The predicted molar refractivity (Wildman–Crippen MR) is 86.2 cm³/mol. The van der Waals surface area contributed by atoms with Crippen molar-refractivity contribution in [2.45, 2.75) is 20.3 Å². The third-order valence-electron chi connectivity index (χ3n) is 3.43. The lowest BCUT2D eigenvalue weighted by atomic mass is 10.0. The van der Waals surface area contributed by atoms with Crippen LogP contribution in [-0.2, 0) is 11.2 Å². The summed E-state index contributed by atoms with van der Waals surface area (Å²) in [5.41, 5.74) is 4.60. The highest BCUT2D eigenvalue weighted by Crippen LogP contribution is 2.18. The number of carboxylic acid groups (broad SMARTS) is 1. The van der Waals surface area contributed by atoms with Gasteiger partial charge >= 0.3 is 5.97 Å². The Kier molecular flexibility index (Phi) is 4.85. The zero-order chi connectivity index (χ0) is 16.1. The molecule has 2 aromatic carbocycles. The molecule has 112 valence electrons. The first kappa shape index (κ1) is 15.7. The van der Waals surface area contributed by atoms with Crippen molar-refractivity contribution in [2.24, 2.45) is 0 Å². The second kappa shape index (κ2) is 6.82. The molecule has 0 spiro atoms. The minimum atomic E-state index is -0.823. The molecule has 0 fully saturated rings. The molecular formula is C19H18O3. The summed E-state index contributed by atoms with van der Waals surface area (Å²) in [6, 6.07) is 11.4. The molecule has 0 radical (unpaired) electrons. The van der Waals surface area contributed by atoms with Crippen LogP contribution in [0, 0.1) is 25.7 Å². The number of carbonyl (C=O) groups is 1. The lowest BCUT2D eigenvalue weighted by Gasteiger charge is -2.04. The first-order chi connectivity index (χ1) is 10.5. The van der Waals surface area contributed by atoms with Gasteiger partial charge in [-0.05, 0) is 60.9 Å². The van der Waals surface area contributed by atoms with Crippen molar-refractivity contribution >= 4 is 5.97 Å². The van der Waals surface area contributed by atoms with Crippen LogP contribution in [-0.4, -0.2) is 18.2 Å². The van der Waals surface area contributed by atoms with E-state index in [-0.39, 0.29) is 6.42 Å². The quantitative estimate of drug-likeness (QED) is 0.883. The number of rotatable bonds is 3. The highest BCUT2D eigenvalue weighted by Gasteiger charge is 2.04. The molecule has 2 rings (SSSR count). The Morgan fingerprint density at radius 2 is 1.64 bits per heavy atom. The minimum Gasteiger partial charge on any atom is -0.496 e. The van der Waals surface area contributed by atoms with Gasteiger partial charge in [0.05, 0.1) is 13.5 Å². The van der Waals surface area contributed by atoms with Gasteiger partial charge in [-0.15, -0.1) is 0 Å². The number of hydrogen-bond acceptors (Lipinski definition) is 2. The van der Waals surface area contributed by atoms with Crippen LogP contribution in [0.3, 0.4) is 0 Å². The van der Waals surface area contributed by atoms with Gasteiger partial charge in [0.25, 0.3) is 0 Å². The van der Waals surface area contributed by atoms with E-state index in [1.165, 1.54) is 0 Å². The monoisotopic (exact) mass is 294 g/mol. The maximum absolute atomic E-state index is 10.8. The molecule has 0 aromatic heterocycles. The van der Waals surface area contributed by atoms with Crippen LogP contribution in [0.2, 0.25) is 0 Å². The van der Waals surface area contributed by atoms with E-state index in [4.69, 9.17) is 9.84 Å². The normalized spacial score (nSPS) is 9.77. The number of aryl methyl sites for hydroxylation is 2. The molecule has 0 aliphatic carbocycles. The maximum atomic E-state index is 10.8. The number of aliphatic carboxylic acids is 1. The number of hydrogen-bond donors (Lipinski definition) is 1. The molecule has 0 saturated carbocycles. The van der Waals surface area contributed by atoms with Crippen LogP contribution < -0.4 is 4.74 Å². The predicted octanol–water partition coefficient (Wildman–Crippen LogP) is 3.34. The molecule has 0 unspecified atom stereocenters. The largest absolute Gasteiger partial charge is 0.496 e. The van der Waals surface area contributed by atoms with E-state index in [0.717, 1.165) is 33.6 Å². The van der Waals surface area contributed by atoms with E-state index in [1.54, 1.807) is 7.11 Å².